The molecule has 3 rings (SSSR count). The largest absolute Gasteiger partial charge is 0.491 e. The highest BCUT2D eigenvalue weighted by Gasteiger charge is 2.19. The van der Waals surface area contributed by atoms with Crippen LogP contribution < -0.4 is 4.74 Å². The number of tetrazole rings is 1. The maximum Gasteiger partial charge on any atom is 0.209 e. The first-order valence-corrected chi connectivity index (χ1v) is 8.66. The maximum atomic E-state index is 10.0. The van der Waals surface area contributed by atoms with Gasteiger partial charge in [0.05, 0.1) is 18.8 Å². The van der Waals surface area contributed by atoms with Crippen molar-refractivity contribution in [3.63, 3.8) is 0 Å². The number of hydrogen-bond acceptors (Lipinski definition) is 7. The summed E-state index contributed by atoms with van der Waals surface area (Å²) in [5, 5.41) is 22.4. The first-order valence-electron chi connectivity index (χ1n) is 7.68. The Morgan fingerprint density at radius 3 is 3.04 bits per heavy atom. The second kappa shape index (κ2) is 8.28. The molecule has 0 radical (unpaired) electrons. The predicted octanol–water partition coefficient (Wildman–Crippen LogP) is 1.38. The van der Waals surface area contributed by atoms with Crippen LogP contribution in [0.4, 0.5) is 0 Å². The molecule has 1 aliphatic heterocycles. The van der Waals surface area contributed by atoms with E-state index in [9.17, 15) is 5.11 Å². The second-order valence-corrected chi connectivity index (χ2v) is 6.35. The summed E-state index contributed by atoms with van der Waals surface area (Å²) >= 11 is 1.42. The molecule has 0 amide bonds. The molecule has 7 nitrogen and oxygen atoms in total. The Labute approximate surface area is 139 Å². The Morgan fingerprint density at radius 2 is 2.26 bits per heavy atom. The van der Waals surface area contributed by atoms with Crippen LogP contribution in [-0.2, 0) is 11.3 Å². The Kier molecular flexibility index (Phi) is 5.84. The van der Waals surface area contributed by atoms with E-state index >= 15 is 0 Å². The summed E-state index contributed by atoms with van der Waals surface area (Å²) in [5.74, 6) is 1.22. The smallest absolute Gasteiger partial charge is 0.209 e. The van der Waals surface area contributed by atoms with Crippen LogP contribution in [0.3, 0.4) is 0 Å². The Bertz CT molecular complexity index is 589. The van der Waals surface area contributed by atoms with Gasteiger partial charge in [-0.3, -0.25) is 0 Å². The molecule has 2 aromatic rings. The van der Waals surface area contributed by atoms with E-state index < -0.39 is 6.10 Å². The number of ether oxygens (including phenoxy) is 2. The third kappa shape index (κ3) is 4.92. The first-order chi connectivity index (χ1) is 11.3. The highest BCUT2D eigenvalue weighted by molar-refractivity contribution is 7.99. The number of aliphatic hydroxyl groups excluding tert-OH is 1. The minimum atomic E-state index is -0.590. The topological polar surface area (TPSA) is 82.3 Å². The molecule has 8 heteroatoms. The predicted molar refractivity (Wildman–Crippen MR) is 85.5 cm³/mol. The number of para-hydroxylation sites is 1. The zero-order chi connectivity index (χ0) is 15.9. The van der Waals surface area contributed by atoms with Crippen LogP contribution in [0.25, 0.3) is 0 Å². The first kappa shape index (κ1) is 16.2. The van der Waals surface area contributed by atoms with Gasteiger partial charge in [-0.2, -0.15) is 0 Å². The van der Waals surface area contributed by atoms with Crippen molar-refractivity contribution < 1.29 is 14.6 Å². The van der Waals surface area contributed by atoms with E-state index in [4.69, 9.17) is 9.47 Å². The fourth-order valence-corrected chi connectivity index (χ4v) is 3.12. The fourth-order valence-electron chi connectivity index (χ4n) is 2.32. The third-order valence-corrected chi connectivity index (χ3v) is 4.59. The number of rotatable bonds is 8. The molecular weight excluding hydrogens is 316 g/mol. The number of aromatic nitrogens is 4. The van der Waals surface area contributed by atoms with Crippen molar-refractivity contribution >= 4 is 11.8 Å². The number of nitrogens with zero attached hydrogens (tertiary/aromatic N) is 4. The van der Waals surface area contributed by atoms with Crippen molar-refractivity contribution in [2.45, 2.75) is 36.8 Å². The van der Waals surface area contributed by atoms with E-state index in [-0.39, 0.29) is 12.7 Å². The lowest BCUT2D eigenvalue weighted by atomic mass is 10.2. The molecule has 1 aliphatic rings. The van der Waals surface area contributed by atoms with Crippen molar-refractivity contribution in [1.29, 1.82) is 0 Å². The lowest BCUT2D eigenvalue weighted by Crippen LogP contribution is -2.21. The lowest BCUT2D eigenvalue weighted by molar-refractivity contribution is 0.0911. The van der Waals surface area contributed by atoms with Gasteiger partial charge in [-0.25, -0.2) is 4.68 Å². The molecule has 2 heterocycles. The summed E-state index contributed by atoms with van der Waals surface area (Å²) in [6.45, 7) is 1.71. The zero-order valence-electron chi connectivity index (χ0n) is 12.7. The fraction of sp³-hybridized carbons (Fsp3) is 0.533. The van der Waals surface area contributed by atoms with Crippen LogP contribution in [0.2, 0.25) is 0 Å². The molecule has 1 aromatic carbocycles. The van der Waals surface area contributed by atoms with Crippen LogP contribution in [-0.4, -0.2) is 56.5 Å². The number of aliphatic hydroxyl groups is 1. The van der Waals surface area contributed by atoms with Crippen LogP contribution >= 0.6 is 11.8 Å². The lowest BCUT2D eigenvalue weighted by Gasteiger charge is -2.13. The van der Waals surface area contributed by atoms with E-state index in [1.807, 2.05) is 30.3 Å². The van der Waals surface area contributed by atoms with Crippen LogP contribution in [0.15, 0.2) is 35.5 Å². The van der Waals surface area contributed by atoms with Crippen molar-refractivity contribution in [2.75, 3.05) is 19.0 Å². The summed E-state index contributed by atoms with van der Waals surface area (Å²) in [6, 6.07) is 9.45. The number of hydrogen-bond donors (Lipinski definition) is 1. The van der Waals surface area contributed by atoms with Crippen molar-refractivity contribution in [3.05, 3.63) is 30.3 Å². The second-order valence-electron chi connectivity index (χ2n) is 5.37. The van der Waals surface area contributed by atoms with Crippen molar-refractivity contribution in [2.24, 2.45) is 0 Å². The van der Waals surface area contributed by atoms with E-state index in [1.165, 1.54) is 11.8 Å². The zero-order valence-corrected chi connectivity index (χ0v) is 13.6. The minimum Gasteiger partial charge on any atom is -0.491 e. The molecule has 0 bridgehead atoms. The summed E-state index contributed by atoms with van der Waals surface area (Å²) in [5.41, 5.74) is 0. The molecule has 1 N–H and O–H groups in total. The quantitative estimate of drug-likeness (QED) is 0.729. The molecule has 0 unspecified atom stereocenters. The summed E-state index contributed by atoms with van der Waals surface area (Å²) < 4.78 is 12.9. The average molecular weight is 336 g/mol. The summed E-state index contributed by atoms with van der Waals surface area (Å²) in [4.78, 5) is 0. The van der Waals surface area contributed by atoms with Gasteiger partial charge in [0.2, 0.25) is 5.16 Å². The third-order valence-electron chi connectivity index (χ3n) is 3.49. The van der Waals surface area contributed by atoms with E-state index in [2.05, 4.69) is 15.5 Å². The standard InChI is InChI=1S/C15H20N4O3S/c20-12(10-22-13-5-2-1-3-6-13)11-23-15-16-17-18-19(15)9-14-7-4-8-21-14/h1-3,5-6,12,14,20H,4,7-11H2/t12-,14-/m0/s1. The summed E-state index contributed by atoms with van der Waals surface area (Å²) in [7, 11) is 0. The van der Waals surface area contributed by atoms with Crippen LogP contribution in [0, 0.1) is 0 Å². The van der Waals surface area contributed by atoms with Gasteiger partial charge in [-0.1, -0.05) is 30.0 Å². The number of benzene rings is 1. The SMILES string of the molecule is O[C@@H](COc1ccccc1)CSc1nnnn1C[C@@H]1CCCO1. The van der Waals surface area contributed by atoms with Gasteiger partial charge < -0.3 is 14.6 Å². The van der Waals surface area contributed by atoms with Crippen molar-refractivity contribution in [3.8, 4) is 5.75 Å². The maximum absolute atomic E-state index is 10.0. The van der Waals surface area contributed by atoms with Crippen LogP contribution in [0.1, 0.15) is 12.8 Å². The summed E-state index contributed by atoms with van der Waals surface area (Å²) in [6.07, 6.45) is 1.72. The minimum absolute atomic E-state index is 0.184. The van der Waals surface area contributed by atoms with Gasteiger partial charge in [-0.05, 0) is 35.4 Å². The molecular formula is C15H20N4O3S. The molecule has 2 atom stereocenters. The molecule has 0 saturated carbocycles. The normalized spacial score (nSPS) is 18.9. The van der Waals surface area contributed by atoms with Crippen molar-refractivity contribution in [1.82, 2.24) is 20.2 Å². The number of thioether (sulfide) groups is 1. The molecule has 23 heavy (non-hydrogen) atoms. The van der Waals surface area contributed by atoms with E-state index in [0.717, 1.165) is 25.2 Å². The molecule has 0 aliphatic carbocycles. The Balaban J connectivity index is 1.43. The van der Waals surface area contributed by atoms with Gasteiger partial charge in [0.15, 0.2) is 0 Å². The molecule has 1 saturated heterocycles. The van der Waals surface area contributed by atoms with Gasteiger partial charge in [-0.15, -0.1) is 5.10 Å². The Hall–Kier alpha value is -1.64. The monoisotopic (exact) mass is 336 g/mol. The van der Waals surface area contributed by atoms with E-state index in [0.29, 0.717) is 17.5 Å². The highest BCUT2D eigenvalue weighted by atomic mass is 32.2. The molecule has 1 fully saturated rings. The molecule has 0 spiro atoms. The van der Waals surface area contributed by atoms with E-state index in [1.54, 1.807) is 4.68 Å². The van der Waals surface area contributed by atoms with Gasteiger partial charge in [0.1, 0.15) is 12.4 Å². The van der Waals surface area contributed by atoms with Gasteiger partial charge in [0.25, 0.3) is 0 Å². The average Bonchev–Trinajstić information content (AvgIpc) is 3.24. The molecule has 1 aromatic heterocycles. The molecule has 124 valence electrons. The Morgan fingerprint density at radius 1 is 1.39 bits per heavy atom. The van der Waals surface area contributed by atoms with Gasteiger partial charge >= 0.3 is 0 Å². The highest BCUT2D eigenvalue weighted by Crippen LogP contribution is 2.19. The van der Waals surface area contributed by atoms with Gasteiger partial charge in [0, 0.05) is 12.4 Å². The van der Waals surface area contributed by atoms with Crippen LogP contribution in [0.5, 0.6) is 5.75 Å².